The average Bonchev–Trinajstić information content (AvgIpc) is 2.55. The fourth-order valence-corrected chi connectivity index (χ4v) is 2.05. The molecule has 24 heavy (non-hydrogen) atoms. The van der Waals surface area contributed by atoms with Crippen LogP contribution in [0.4, 0.5) is 24.9 Å². The number of rotatable bonds is 7. The first kappa shape index (κ1) is 18.0. The lowest BCUT2D eigenvalue weighted by atomic mass is 10.1. The fourth-order valence-electron chi connectivity index (χ4n) is 2.05. The van der Waals surface area contributed by atoms with E-state index in [1.54, 1.807) is 0 Å². The van der Waals surface area contributed by atoms with Crippen LogP contribution in [0.5, 0.6) is 0 Å². The number of hydrogen-bond acceptors (Lipinski definition) is 4. The van der Waals surface area contributed by atoms with Gasteiger partial charge < -0.3 is 10.6 Å². The van der Waals surface area contributed by atoms with E-state index in [-0.39, 0.29) is 17.8 Å². The normalized spacial score (nSPS) is 12.7. The van der Waals surface area contributed by atoms with Gasteiger partial charge in [0.15, 0.2) is 5.69 Å². The van der Waals surface area contributed by atoms with Crippen LogP contribution in [-0.2, 0) is 12.6 Å². The van der Waals surface area contributed by atoms with Gasteiger partial charge in [-0.1, -0.05) is 37.3 Å². The Hall–Kier alpha value is -2.31. The standard InChI is InChI=1S/C17H21F3N4/c1-3-12(2)22-16-23-14(17(18,19)20)11-15(24-16)21-10-9-13-7-5-4-6-8-13/h4-8,11-12H,3,9-10H2,1-2H3,(H2,21,22,23,24)/t12-/m1/s1. The number of alkyl halides is 3. The molecule has 1 aromatic carbocycles. The van der Waals surface area contributed by atoms with Gasteiger partial charge in [0.2, 0.25) is 5.95 Å². The van der Waals surface area contributed by atoms with E-state index in [9.17, 15) is 13.2 Å². The maximum atomic E-state index is 13.0. The first-order valence-corrected chi connectivity index (χ1v) is 7.89. The Bertz CT molecular complexity index is 644. The van der Waals surface area contributed by atoms with E-state index < -0.39 is 11.9 Å². The SMILES string of the molecule is CC[C@@H](C)Nc1nc(NCCc2ccccc2)cc(C(F)(F)F)n1. The number of nitrogens with zero attached hydrogens (tertiary/aromatic N) is 2. The van der Waals surface area contributed by atoms with E-state index >= 15 is 0 Å². The van der Waals surface area contributed by atoms with Crippen molar-refractivity contribution >= 4 is 11.8 Å². The van der Waals surface area contributed by atoms with Gasteiger partial charge in [-0.25, -0.2) is 4.98 Å². The largest absolute Gasteiger partial charge is 0.433 e. The summed E-state index contributed by atoms with van der Waals surface area (Å²) in [6.45, 7) is 4.29. The molecule has 0 saturated carbocycles. The monoisotopic (exact) mass is 338 g/mol. The van der Waals surface area contributed by atoms with Crippen LogP contribution in [0.3, 0.4) is 0 Å². The maximum Gasteiger partial charge on any atom is 0.433 e. The van der Waals surface area contributed by atoms with E-state index in [0.29, 0.717) is 13.0 Å². The molecule has 2 N–H and O–H groups in total. The second-order valence-electron chi connectivity index (χ2n) is 5.58. The second kappa shape index (κ2) is 7.99. The van der Waals surface area contributed by atoms with Gasteiger partial charge in [-0.2, -0.15) is 18.2 Å². The molecular weight excluding hydrogens is 317 g/mol. The van der Waals surface area contributed by atoms with E-state index in [2.05, 4.69) is 20.6 Å². The molecule has 0 unspecified atom stereocenters. The Morgan fingerprint density at radius 1 is 1.12 bits per heavy atom. The second-order valence-corrected chi connectivity index (χ2v) is 5.58. The summed E-state index contributed by atoms with van der Waals surface area (Å²) >= 11 is 0. The van der Waals surface area contributed by atoms with Gasteiger partial charge in [-0.05, 0) is 25.3 Å². The highest BCUT2D eigenvalue weighted by Crippen LogP contribution is 2.29. The summed E-state index contributed by atoms with van der Waals surface area (Å²) < 4.78 is 39.0. The first-order chi connectivity index (χ1) is 11.4. The van der Waals surface area contributed by atoms with Crippen molar-refractivity contribution in [2.45, 2.75) is 38.9 Å². The summed E-state index contributed by atoms with van der Waals surface area (Å²) in [5, 5.41) is 5.84. The molecule has 130 valence electrons. The molecule has 1 heterocycles. The Kier molecular flexibility index (Phi) is 6.00. The first-order valence-electron chi connectivity index (χ1n) is 7.89. The lowest BCUT2D eigenvalue weighted by Crippen LogP contribution is -2.19. The van der Waals surface area contributed by atoms with Gasteiger partial charge in [0, 0.05) is 18.7 Å². The number of nitrogens with one attached hydrogen (secondary N) is 2. The quantitative estimate of drug-likeness (QED) is 0.787. The molecule has 2 aromatic rings. The van der Waals surface area contributed by atoms with Gasteiger partial charge in [0.1, 0.15) is 5.82 Å². The summed E-state index contributed by atoms with van der Waals surface area (Å²) in [5.41, 5.74) is 0.151. The number of aromatic nitrogens is 2. The molecule has 0 spiro atoms. The molecule has 2 rings (SSSR count). The van der Waals surface area contributed by atoms with Crippen LogP contribution in [-0.4, -0.2) is 22.6 Å². The van der Waals surface area contributed by atoms with Gasteiger partial charge >= 0.3 is 6.18 Å². The van der Waals surface area contributed by atoms with Gasteiger partial charge in [0.25, 0.3) is 0 Å². The van der Waals surface area contributed by atoms with Crippen LogP contribution in [0.15, 0.2) is 36.4 Å². The summed E-state index contributed by atoms with van der Waals surface area (Å²) in [6.07, 6.45) is -3.05. The zero-order valence-electron chi connectivity index (χ0n) is 13.7. The molecule has 0 amide bonds. The molecule has 7 heteroatoms. The van der Waals surface area contributed by atoms with E-state index in [4.69, 9.17) is 0 Å². The zero-order chi connectivity index (χ0) is 17.6. The highest BCUT2D eigenvalue weighted by molar-refractivity contribution is 5.43. The molecule has 0 fully saturated rings. The van der Waals surface area contributed by atoms with Crippen LogP contribution < -0.4 is 10.6 Å². The van der Waals surface area contributed by atoms with Crippen LogP contribution in [0.2, 0.25) is 0 Å². The van der Waals surface area contributed by atoms with Crippen molar-refractivity contribution < 1.29 is 13.2 Å². The number of anilines is 2. The summed E-state index contributed by atoms with van der Waals surface area (Å²) in [4.78, 5) is 7.70. The Labute approximate surface area is 139 Å². The van der Waals surface area contributed by atoms with Crippen molar-refractivity contribution in [2.75, 3.05) is 17.2 Å². The van der Waals surface area contributed by atoms with Crippen molar-refractivity contribution in [2.24, 2.45) is 0 Å². The minimum Gasteiger partial charge on any atom is -0.370 e. The van der Waals surface area contributed by atoms with Gasteiger partial charge in [0.05, 0.1) is 0 Å². The van der Waals surface area contributed by atoms with Crippen LogP contribution in [0.25, 0.3) is 0 Å². The van der Waals surface area contributed by atoms with E-state index in [1.165, 1.54) is 0 Å². The molecule has 1 atom stereocenters. The topological polar surface area (TPSA) is 49.8 Å². The minimum absolute atomic E-state index is 0.00866. The van der Waals surface area contributed by atoms with E-state index in [1.807, 2.05) is 44.2 Å². The van der Waals surface area contributed by atoms with Crippen molar-refractivity contribution in [3.05, 3.63) is 47.7 Å². The minimum atomic E-state index is -4.51. The summed E-state index contributed by atoms with van der Waals surface area (Å²) in [6, 6.07) is 10.6. The molecule has 0 radical (unpaired) electrons. The molecular formula is C17H21F3N4. The molecule has 0 aliphatic rings. The lowest BCUT2D eigenvalue weighted by molar-refractivity contribution is -0.141. The van der Waals surface area contributed by atoms with Crippen molar-refractivity contribution in [3.63, 3.8) is 0 Å². The Balaban J connectivity index is 2.10. The third-order valence-corrected chi connectivity index (χ3v) is 3.57. The van der Waals surface area contributed by atoms with Crippen molar-refractivity contribution in [1.29, 1.82) is 0 Å². The van der Waals surface area contributed by atoms with Gasteiger partial charge in [-0.15, -0.1) is 0 Å². The van der Waals surface area contributed by atoms with Crippen molar-refractivity contribution in [3.8, 4) is 0 Å². The third kappa shape index (κ3) is 5.40. The fraction of sp³-hybridized carbons (Fsp3) is 0.412. The molecule has 0 bridgehead atoms. The molecule has 4 nitrogen and oxygen atoms in total. The Morgan fingerprint density at radius 3 is 2.46 bits per heavy atom. The average molecular weight is 338 g/mol. The molecule has 1 aromatic heterocycles. The lowest BCUT2D eigenvalue weighted by Gasteiger charge is -2.15. The van der Waals surface area contributed by atoms with Crippen LogP contribution >= 0.6 is 0 Å². The molecule has 0 aliphatic carbocycles. The third-order valence-electron chi connectivity index (χ3n) is 3.57. The maximum absolute atomic E-state index is 13.0. The Morgan fingerprint density at radius 2 is 1.83 bits per heavy atom. The highest BCUT2D eigenvalue weighted by Gasteiger charge is 2.33. The number of halogens is 3. The summed E-state index contributed by atoms with van der Waals surface area (Å²) in [7, 11) is 0. The zero-order valence-corrected chi connectivity index (χ0v) is 13.7. The van der Waals surface area contributed by atoms with Crippen LogP contribution in [0.1, 0.15) is 31.5 Å². The smallest absolute Gasteiger partial charge is 0.370 e. The predicted molar refractivity (Wildman–Crippen MR) is 89.0 cm³/mol. The molecule has 0 aliphatic heterocycles. The summed E-state index contributed by atoms with van der Waals surface area (Å²) in [5.74, 6) is 0.153. The highest BCUT2D eigenvalue weighted by atomic mass is 19.4. The van der Waals surface area contributed by atoms with Gasteiger partial charge in [-0.3, -0.25) is 0 Å². The van der Waals surface area contributed by atoms with Crippen LogP contribution in [0, 0.1) is 0 Å². The van der Waals surface area contributed by atoms with E-state index in [0.717, 1.165) is 18.1 Å². The van der Waals surface area contributed by atoms with Crippen molar-refractivity contribution in [1.82, 2.24) is 9.97 Å². The molecule has 0 saturated heterocycles. The number of hydrogen-bond donors (Lipinski definition) is 2. The predicted octanol–water partition coefficient (Wildman–Crippen LogP) is 4.36. The number of benzene rings is 1.